The van der Waals surface area contributed by atoms with Gasteiger partial charge in [0.2, 0.25) is 0 Å². The first-order chi connectivity index (χ1) is 5.16. The van der Waals surface area contributed by atoms with Crippen molar-refractivity contribution in [3.8, 4) is 0 Å². The summed E-state index contributed by atoms with van der Waals surface area (Å²) in [6.07, 6.45) is 0. The molecule has 0 spiro atoms. The molecule has 0 aliphatic carbocycles. The van der Waals surface area contributed by atoms with E-state index in [1.54, 1.807) is 0 Å². The summed E-state index contributed by atoms with van der Waals surface area (Å²) < 4.78 is 1.09. The van der Waals surface area contributed by atoms with Gasteiger partial charge in [-0.15, -0.1) is 0 Å². The van der Waals surface area contributed by atoms with Crippen LogP contribution in [0.5, 0.6) is 0 Å². The number of thioether (sulfide) groups is 1. The van der Waals surface area contributed by atoms with Crippen molar-refractivity contribution in [3.05, 3.63) is 0 Å². The van der Waals surface area contributed by atoms with E-state index in [9.17, 15) is 0 Å². The molecule has 0 aromatic carbocycles. The van der Waals surface area contributed by atoms with E-state index in [4.69, 9.17) is 12.2 Å². The van der Waals surface area contributed by atoms with Crippen molar-refractivity contribution in [2.45, 2.75) is 26.8 Å². The largest absolute Gasteiger partial charge is 0.354 e. The average molecular weight is 189 g/mol. The van der Waals surface area contributed by atoms with E-state index >= 15 is 0 Å². The Kier molecular flexibility index (Phi) is 3.19. The summed E-state index contributed by atoms with van der Waals surface area (Å²) in [5, 5.41) is 0. The van der Waals surface area contributed by atoms with Gasteiger partial charge >= 0.3 is 0 Å². The Labute approximate surface area is 78.5 Å². The minimum absolute atomic E-state index is 0.678. The van der Waals surface area contributed by atoms with Gasteiger partial charge in [-0.25, -0.2) is 0 Å². The normalized spacial score (nSPS) is 25.3. The van der Waals surface area contributed by atoms with Crippen molar-refractivity contribution < 1.29 is 0 Å². The second-order valence-electron chi connectivity index (χ2n) is 3.17. The maximum Gasteiger partial charge on any atom is 0.136 e. The summed E-state index contributed by atoms with van der Waals surface area (Å²) in [7, 11) is 0. The van der Waals surface area contributed by atoms with E-state index in [0.29, 0.717) is 6.04 Å². The zero-order valence-electron chi connectivity index (χ0n) is 7.33. The summed E-state index contributed by atoms with van der Waals surface area (Å²) >= 11 is 7.05. The van der Waals surface area contributed by atoms with Crippen LogP contribution in [0.15, 0.2) is 0 Å². The summed E-state index contributed by atoms with van der Waals surface area (Å²) in [6.45, 7) is 7.77. The fourth-order valence-corrected chi connectivity index (χ4v) is 3.16. The van der Waals surface area contributed by atoms with Gasteiger partial charge in [0.25, 0.3) is 0 Å². The fraction of sp³-hybridized carbons (Fsp3) is 0.875. The molecule has 1 heterocycles. The first-order valence-corrected chi connectivity index (χ1v) is 5.49. The molecule has 1 aliphatic heterocycles. The van der Waals surface area contributed by atoms with Crippen LogP contribution >= 0.6 is 24.0 Å². The molecular formula is C8H15NS2. The van der Waals surface area contributed by atoms with Gasteiger partial charge in [-0.2, -0.15) is 0 Å². The van der Waals surface area contributed by atoms with Gasteiger partial charge in [0, 0.05) is 18.3 Å². The lowest BCUT2D eigenvalue weighted by Crippen LogP contribution is -2.36. The second-order valence-corrected chi connectivity index (χ2v) is 4.83. The molecular weight excluding hydrogens is 174 g/mol. The predicted octanol–water partition coefficient (Wildman–Crippen LogP) is 2.36. The lowest BCUT2D eigenvalue weighted by molar-refractivity contribution is 0.298. The van der Waals surface area contributed by atoms with Crippen molar-refractivity contribution >= 4 is 28.3 Å². The van der Waals surface area contributed by atoms with E-state index in [2.05, 4.69) is 25.7 Å². The Bertz CT molecular complexity index is 156. The molecule has 0 unspecified atom stereocenters. The standard InChI is InChI=1S/C8H15NS2/c1-4-9-7(6(2)3)5-11-8(9)10/h6-7H,4-5H2,1-3H3/t7-/m1/s1. The SMILES string of the molecule is CCN1C(=S)SC[C@@H]1C(C)C. The zero-order valence-corrected chi connectivity index (χ0v) is 8.97. The maximum absolute atomic E-state index is 5.22. The van der Waals surface area contributed by atoms with Crippen molar-refractivity contribution in [2.75, 3.05) is 12.3 Å². The topological polar surface area (TPSA) is 3.24 Å². The smallest absolute Gasteiger partial charge is 0.136 e. The van der Waals surface area contributed by atoms with Crippen LogP contribution in [-0.4, -0.2) is 27.6 Å². The summed E-state index contributed by atoms with van der Waals surface area (Å²) in [4.78, 5) is 2.34. The second kappa shape index (κ2) is 3.76. The number of hydrogen-bond acceptors (Lipinski definition) is 2. The molecule has 1 fully saturated rings. The van der Waals surface area contributed by atoms with E-state index in [1.807, 2.05) is 11.8 Å². The summed E-state index contributed by atoms with van der Waals surface area (Å²) in [6, 6.07) is 0.678. The molecule has 3 heteroatoms. The molecule has 0 N–H and O–H groups in total. The van der Waals surface area contributed by atoms with E-state index in [-0.39, 0.29) is 0 Å². The Morgan fingerprint density at radius 3 is 2.73 bits per heavy atom. The Morgan fingerprint density at radius 2 is 2.36 bits per heavy atom. The van der Waals surface area contributed by atoms with Crippen LogP contribution in [0.25, 0.3) is 0 Å². The minimum Gasteiger partial charge on any atom is -0.354 e. The Balaban J connectivity index is 2.61. The van der Waals surface area contributed by atoms with E-state index in [0.717, 1.165) is 16.8 Å². The van der Waals surface area contributed by atoms with Gasteiger partial charge in [-0.05, 0) is 12.8 Å². The third-order valence-electron chi connectivity index (χ3n) is 2.12. The predicted molar refractivity (Wildman–Crippen MR) is 56.1 cm³/mol. The molecule has 1 atom stereocenters. The zero-order chi connectivity index (χ0) is 8.43. The highest BCUT2D eigenvalue weighted by Gasteiger charge is 2.29. The molecule has 1 nitrogen and oxygen atoms in total. The molecule has 64 valence electrons. The highest BCUT2D eigenvalue weighted by Crippen LogP contribution is 2.27. The van der Waals surface area contributed by atoms with Gasteiger partial charge < -0.3 is 4.90 Å². The lowest BCUT2D eigenvalue weighted by Gasteiger charge is -2.26. The van der Waals surface area contributed by atoms with Crippen LogP contribution in [0.2, 0.25) is 0 Å². The first kappa shape index (κ1) is 9.33. The van der Waals surface area contributed by atoms with Crippen molar-refractivity contribution in [2.24, 2.45) is 5.92 Å². The average Bonchev–Trinajstić information content (AvgIpc) is 2.30. The van der Waals surface area contributed by atoms with Crippen LogP contribution in [0, 0.1) is 5.92 Å². The maximum atomic E-state index is 5.22. The molecule has 1 saturated heterocycles. The Morgan fingerprint density at radius 1 is 1.73 bits per heavy atom. The van der Waals surface area contributed by atoms with Crippen molar-refractivity contribution in [3.63, 3.8) is 0 Å². The molecule has 1 aliphatic rings. The number of thiocarbonyl (C=S) groups is 1. The van der Waals surface area contributed by atoms with Crippen LogP contribution in [-0.2, 0) is 0 Å². The molecule has 0 amide bonds. The monoisotopic (exact) mass is 189 g/mol. The lowest BCUT2D eigenvalue weighted by atomic mass is 10.1. The summed E-state index contributed by atoms with van der Waals surface area (Å²) in [5.74, 6) is 1.91. The van der Waals surface area contributed by atoms with Gasteiger partial charge in [0.15, 0.2) is 0 Å². The van der Waals surface area contributed by atoms with Crippen LogP contribution < -0.4 is 0 Å². The molecule has 1 rings (SSSR count). The highest BCUT2D eigenvalue weighted by atomic mass is 32.2. The Hall–Kier alpha value is 0.240. The van der Waals surface area contributed by atoms with Crippen molar-refractivity contribution in [1.29, 1.82) is 0 Å². The molecule has 0 radical (unpaired) electrons. The van der Waals surface area contributed by atoms with Crippen LogP contribution in [0.3, 0.4) is 0 Å². The van der Waals surface area contributed by atoms with Gasteiger partial charge in [0.05, 0.1) is 0 Å². The number of rotatable bonds is 2. The molecule has 0 bridgehead atoms. The van der Waals surface area contributed by atoms with Gasteiger partial charge in [-0.1, -0.05) is 37.8 Å². The minimum atomic E-state index is 0.678. The quantitative estimate of drug-likeness (QED) is 0.614. The van der Waals surface area contributed by atoms with Crippen molar-refractivity contribution in [1.82, 2.24) is 4.90 Å². The molecule has 11 heavy (non-hydrogen) atoms. The molecule has 0 aromatic rings. The first-order valence-electron chi connectivity index (χ1n) is 4.10. The van der Waals surface area contributed by atoms with Crippen LogP contribution in [0.1, 0.15) is 20.8 Å². The fourth-order valence-electron chi connectivity index (χ4n) is 1.38. The third-order valence-corrected chi connectivity index (χ3v) is 3.70. The van der Waals surface area contributed by atoms with E-state index < -0.39 is 0 Å². The third kappa shape index (κ3) is 1.88. The van der Waals surface area contributed by atoms with Crippen LogP contribution in [0.4, 0.5) is 0 Å². The number of nitrogens with zero attached hydrogens (tertiary/aromatic N) is 1. The van der Waals surface area contributed by atoms with Gasteiger partial charge in [-0.3, -0.25) is 0 Å². The van der Waals surface area contributed by atoms with E-state index in [1.165, 1.54) is 5.75 Å². The number of hydrogen-bond donors (Lipinski definition) is 0. The molecule has 0 aromatic heterocycles. The molecule has 0 saturated carbocycles. The summed E-state index contributed by atoms with van der Waals surface area (Å²) in [5.41, 5.74) is 0. The highest BCUT2D eigenvalue weighted by molar-refractivity contribution is 8.23. The van der Waals surface area contributed by atoms with Gasteiger partial charge in [0.1, 0.15) is 4.32 Å².